The van der Waals surface area contributed by atoms with Gasteiger partial charge in [-0.1, -0.05) is 55.4 Å². The summed E-state index contributed by atoms with van der Waals surface area (Å²) in [4.78, 5) is 26.9. The summed E-state index contributed by atoms with van der Waals surface area (Å²) >= 11 is 0. The van der Waals surface area contributed by atoms with Crippen molar-refractivity contribution >= 4 is 11.8 Å². The molecule has 0 aromatic rings. The maximum absolute atomic E-state index is 13.8. The van der Waals surface area contributed by atoms with Crippen LogP contribution in [0.2, 0.25) is 0 Å². The summed E-state index contributed by atoms with van der Waals surface area (Å²) in [7, 11) is 0. The third kappa shape index (κ3) is 5.44. The number of rotatable bonds is 10. The number of hydrogen-bond donors (Lipinski definition) is 4. The number of ether oxygens (including phenoxy) is 2. The number of ketones is 1. The fourth-order valence-corrected chi connectivity index (χ4v) is 14.2. The molecular weight excluding hydrogens is 628 g/mol. The van der Waals surface area contributed by atoms with Gasteiger partial charge in [-0.15, -0.1) is 0 Å². The fraction of sp³-hybridized carbons (Fsp3) is 0.952. The Morgan fingerprint density at radius 3 is 2.10 bits per heavy atom. The van der Waals surface area contributed by atoms with Gasteiger partial charge in [0.2, 0.25) is 0 Å². The molecular formula is C42H72N2O6. The first-order valence-electron chi connectivity index (χ1n) is 20.2. The van der Waals surface area contributed by atoms with E-state index in [9.17, 15) is 19.8 Å². The average molecular weight is 701 g/mol. The van der Waals surface area contributed by atoms with E-state index in [0.717, 1.165) is 57.8 Å². The average Bonchev–Trinajstić information content (AvgIpc) is 3.36. The summed E-state index contributed by atoms with van der Waals surface area (Å²) in [5, 5.41) is 23.0. The molecule has 286 valence electrons. The number of esters is 1. The molecule has 0 amide bonds. The molecule has 2 spiro atoms. The lowest BCUT2D eigenvalue weighted by atomic mass is 9.40. The van der Waals surface area contributed by atoms with Crippen molar-refractivity contribution in [2.45, 2.75) is 188 Å². The molecule has 0 bridgehead atoms. The van der Waals surface area contributed by atoms with Crippen LogP contribution in [-0.2, 0) is 19.1 Å². The summed E-state index contributed by atoms with van der Waals surface area (Å²) < 4.78 is 13.5. The van der Waals surface area contributed by atoms with Crippen molar-refractivity contribution in [2.24, 2.45) is 74.0 Å². The number of aliphatic hydroxyl groups excluding tert-OH is 1. The second kappa shape index (κ2) is 12.2. The Hall–Kier alpha value is -1.06. The van der Waals surface area contributed by atoms with Gasteiger partial charge in [-0.25, -0.2) is 0 Å². The van der Waals surface area contributed by atoms with Crippen LogP contribution in [0.5, 0.6) is 0 Å². The summed E-state index contributed by atoms with van der Waals surface area (Å²) in [6.45, 7) is 23.4. The zero-order chi connectivity index (χ0) is 37.2. The highest BCUT2D eigenvalue weighted by atomic mass is 16.5. The van der Waals surface area contributed by atoms with Crippen LogP contribution in [0.1, 0.15) is 147 Å². The first-order valence-corrected chi connectivity index (χ1v) is 20.2. The maximum Gasteiger partial charge on any atom is 0.323 e. The smallest absolute Gasteiger partial charge is 0.323 e. The lowest BCUT2D eigenvalue weighted by molar-refractivity contribution is -0.216. The lowest BCUT2D eigenvalue weighted by Gasteiger charge is -2.65. The molecule has 8 nitrogen and oxygen atoms in total. The summed E-state index contributed by atoms with van der Waals surface area (Å²) in [5.74, 6) is 0.711. The van der Waals surface area contributed by atoms with E-state index in [1.54, 1.807) is 0 Å². The van der Waals surface area contributed by atoms with Gasteiger partial charge in [-0.2, -0.15) is 0 Å². The number of fused-ring (bicyclic) bond motifs is 2. The number of aliphatic hydroxyl groups is 2. The van der Waals surface area contributed by atoms with E-state index >= 15 is 0 Å². The van der Waals surface area contributed by atoms with Gasteiger partial charge < -0.3 is 31.2 Å². The van der Waals surface area contributed by atoms with Crippen LogP contribution in [-0.4, -0.2) is 63.6 Å². The van der Waals surface area contributed by atoms with Crippen molar-refractivity contribution < 1.29 is 29.3 Å². The monoisotopic (exact) mass is 701 g/mol. The number of nitrogens with two attached hydrogens (primary N) is 2. The SMILES string of the molecule is CC(C)C(N)C(=O)CC[C@H]1CCC23CC24CC[C@]2(C)[C@@H]([C@@]5(C)CCC(C(C)(C)O)O5)[C@@H](O)C[C@@]2(C)C4C[C@H](OC(=O)C(N)C(C)C)[C@H]3C1(C)C. The van der Waals surface area contributed by atoms with Gasteiger partial charge in [0.05, 0.1) is 29.5 Å². The molecule has 6 aliphatic rings. The molecule has 0 aromatic carbocycles. The van der Waals surface area contributed by atoms with Crippen molar-refractivity contribution in [3.63, 3.8) is 0 Å². The molecule has 5 aliphatic carbocycles. The first-order chi connectivity index (χ1) is 22.9. The lowest BCUT2D eigenvalue weighted by Crippen LogP contribution is -2.62. The molecule has 6 rings (SSSR count). The van der Waals surface area contributed by atoms with E-state index in [4.69, 9.17) is 20.9 Å². The molecule has 6 N–H and O–H groups in total. The van der Waals surface area contributed by atoms with Gasteiger partial charge in [0.25, 0.3) is 0 Å². The van der Waals surface area contributed by atoms with E-state index in [1.807, 2.05) is 41.5 Å². The molecule has 50 heavy (non-hydrogen) atoms. The van der Waals surface area contributed by atoms with Crippen molar-refractivity contribution in [3.8, 4) is 0 Å². The molecule has 6 fully saturated rings. The Labute approximate surface area is 302 Å². The zero-order valence-corrected chi connectivity index (χ0v) is 33.3. The predicted molar refractivity (Wildman–Crippen MR) is 196 cm³/mol. The van der Waals surface area contributed by atoms with Crippen molar-refractivity contribution in [1.29, 1.82) is 0 Å². The molecule has 1 heterocycles. The van der Waals surface area contributed by atoms with Crippen molar-refractivity contribution in [1.82, 2.24) is 0 Å². The van der Waals surface area contributed by atoms with Crippen molar-refractivity contribution in [3.05, 3.63) is 0 Å². The third-order valence-corrected chi connectivity index (χ3v) is 17.1. The maximum atomic E-state index is 13.8. The van der Waals surface area contributed by atoms with Gasteiger partial charge in [-0.3, -0.25) is 9.59 Å². The minimum atomic E-state index is -0.936. The number of carbonyl (C=O) groups is 2. The summed E-state index contributed by atoms with van der Waals surface area (Å²) in [5.41, 5.74) is 11.0. The quantitative estimate of drug-likeness (QED) is 0.188. The van der Waals surface area contributed by atoms with E-state index < -0.39 is 29.4 Å². The normalized spacial score (nSPS) is 47.6. The van der Waals surface area contributed by atoms with Crippen LogP contribution < -0.4 is 11.5 Å². The van der Waals surface area contributed by atoms with Crippen LogP contribution in [0.4, 0.5) is 0 Å². The van der Waals surface area contributed by atoms with E-state index in [2.05, 4.69) is 34.6 Å². The van der Waals surface area contributed by atoms with Crippen LogP contribution in [0.3, 0.4) is 0 Å². The largest absolute Gasteiger partial charge is 0.461 e. The minimum Gasteiger partial charge on any atom is -0.461 e. The Morgan fingerprint density at radius 2 is 1.52 bits per heavy atom. The standard InChI is InChI=1S/C42H72N2O6/c1-23(2)31(43)26(45)13-12-25-14-17-42-22-41(42)19-18-38(9)33(40(11)16-15-30(50-40)37(7,8)48)27(46)21-39(38,10)29(41)20-28(34(42)36(25,5)6)49-35(47)32(44)24(3)4/h23-25,27-34,46,48H,12-22,43-44H2,1-11H3/t25-,27-,28-,29?,30?,31?,32?,33-,34-,38+,39-,40+,41?,42?/m0/s1. The molecule has 1 saturated heterocycles. The highest BCUT2D eigenvalue weighted by molar-refractivity contribution is 5.84. The van der Waals surface area contributed by atoms with E-state index in [-0.39, 0.29) is 74.7 Å². The first kappa shape index (κ1) is 38.7. The fourth-order valence-electron chi connectivity index (χ4n) is 14.2. The van der Waals surface area contributed by atoms with Crippen LogP contribution in [0.15, 0.2) is 0 Å². The number of hydrogen-bond acceptors (Lipinski definition) is 8. The zero-order valence-electron chi connectivity index (χ0n) is 33.3. The summed E-state index contributed by atoms with van der Waals surface area (Å²) in [6.07, 6.45) is 8.84. The topological polar surface area (TPSA) is 145 Å². The Balaban J connectivity index is 1.34. The third-order valence-electron chi connectivity index (χ3n) is 17.1. The van der Waals surface area contributed by atoms with Crippen LogP contribution in [0, 0.1) is 62.6 Å². The molecule has 0 radical (unpaired) electrons. The van der Waals surface area contributed by atoms with E-state index in [1.165, 1.54) is 0 Å². The molecule has 0 aromatic heterocycles. The van der Waals surface area contributed by atoms with Gasteiger partial charge >= 0.3 is 5.97 Å². The highest BCUT2D eigenvalue weighted by Gasteiger charge is 2.85. The highest BCUT2D eigenvalue weighted by Crippen LogP contribution is 2.89. The molecule has 1 aliphatic heterocycles. The second-order valence-electron chi connectivity index (χ2n) is 21.0. The van der Waals surface area contributed by atoms with Crippen LogP contribution in [0.25, 0.3) is 0 Å². The number of Topliss-reactive ketones (excluding diaryl/α,β-unsaturated/α-hetero) is 1. The van der Waals surface area contributed by atoms with Crippen LogP contribution >= 0.6 is 0 Å². The minimum absolute atomic E-state index is 0.0236. The Kier molecular flexibility index (Phi) is 9.45. The van der Waals surface area contributed by atoms with Crippen molar-refractivity contribution in [2.75, 3.05) is 0 Å². The summed E-state index contributed by atoms with van der Waals surface area (Å²) in [6, 6.07) is -1.11. The van der Waals surface area contributed by atoms with Gasteiger partial charge in [0.1, 0.15) is 17.9 Å². The van der Waals surface area contributed by atoms with E-state index in [0.29, 0.717) is 24.7 Å². The molecule has 14 atom stereocenters. The van der Waals surface area contributed by atoms with Gasteiger partial charge in [0.15, 0.2) is 0 Å². The molecule has 6 unspecified atom stereocenters. The molecule has 5 saturated carbocycles. The number of carbonyl (C=O) groups excluding carboxylic acids is 2. The van der Waals surface area contributed by atoms with Gasteiger partial charge in [-0.05, 0) is 136 Å². The second-order valence-corrected chi connectivity index (χ2v) is 21.0. The molecule has 8 heteroatoms. The Bertz CT molecular complexity index is 1340. The predicted octanol–water partition coefficient (Wildman–Crippen LogP) is 6.56. The Morgan fingerprint density at radius 1 is 0.880 bits per heavy atom. The van der Waals surface area contributed by atoms with Gasteiger partial charge in [0, 0.05) is 18.3 Å².